The first-order chi connectivity index (χ1) is 9.81. The van der Waals surface area contributed by atoms with Gasteiger partial charge in [0.2, 0.25) is 0 Å². The molecule has 0 aromatic heterocycles. The van der Waals surface area contributed by atoms with Crippen molar-refractivity contribution in [2.24, 2.45) is 0 Å². The highest BCUT2D eigenvalue weighted by molar-refractivity contribution is 5.48. The minimum absolute atomic E-state index is 0.258. The second-order valence-corrected chi connectivity index (χ2v) is 4.80. The zero-order valence-electron chi connectivity index (χ0n) is 12.5. The molecule has 1 aliphatic heterocycles. The summed E-state index contributed by atoms with van der Waals surface area (Å²) in [5, 5.41) is 3.27. The lowest BCUT2D eigenvalue weighted by molar-refractivity contribution is 0.0160. The summed E-state index contributed by atoms with van der Waals surface area (Å²) in [6.45, 7) is 4.31. The van der Waals surface area contributed by atoms with Crippen LogP contribution in [-0.4, -0.2) is 59.0 Å². The molecular formula is C15H24N2O3. The van der Waals surface area contributed by atoms with Crippen LogP contribution in [0.3, 0.4) is 0 Å². The molecule has 0 aliphatic carbocycles. The Morgan fingerprint density at radius 1 is 1.25 bits per heavy atom. The SMILES string of the molecule is CNCC(c1cccc(OC)c1OC)N1CCOCC1. The van der Waals surface area contributed by atoms with Gasteiger partial charge >= 0.3 is 0 Å². The molecule has 1 aliphatic rings. The van der Waals surface area contributed by atoms with Crippen molar-refractivity contribution in [3.05, 3.63) is 23.8 Å². The van der Waals surface area contributed by atoms with Gasteiger partial charge in [-0.3, -0.25) is 4.90 Å². The van der Waals surface area contributed by atoms with Crippen LogP contribution in [0.4, 0.5) is 0 Å². The Balaban J connectivity index is 2.32. The van der Waals surface area contributed by atoms with E-state index in [1.807, 2.05) is 19.2 Å². The normalized spacial score (nSPS) is 17.8. The third-order valence-electron chi connectivity index (χ3n) is 3.68. The molecule has 1 fully saturated rings. The summed E-state index contributed by atoms with van der Waals surface area (Å²) >= 11 is 0. The number of methoxy groups -OCH3 is 2. The number of hydrogen-bond donors (Lipinski definition) is 1. The maximum atomic E-state index is 5.57. The van der Waals surface area contributed by atoms with Crippen molar-refractivity contribution in [2.45, 2.75) is 6.04 Å². The smallest absolute Gasteiger partial charge is 0.165 e. The second-order valence-electron chi connectivity index (χ2n) is 4.80. The molecule has 2 rings (SSSR count). The average molecular weight is 280 g/mol. The fourth-order valence-corrected chi connectivity index (χ4v) is 2.69. The van der Waals surface area contributed by atoms with Crippen LogP contribution >= 0.6 is 0 Å². The van der Waals surface area contributed by atoms with E-state index in [1.54, 1.807) is 14.2 Å². The molecule has 20 heavy (non-hydrogen) atoms. The number of para-hydroxylation sites is 1. The lowest BCUT2D eigenvalue weighted by Crippen LogP contribution is -2.42. The number of hydrogen-bond acceptors (Lipinski definition) is 5. The molecule has 5 nitrogen and oxygen atoms in total. The van der Waals surface area contributed by atoms with Gasteiger partial charge in [-0.05, 0) is 13.1 Å². The zero-order chi connectivity index (χ0) is 14.4. The Labute approximate surface area is 120 Å². The van der Waals surface area contributed by atoms with Gasteiger partial charge in [-0.15, -0.1) is 0 Å². The van der Waals surface area contributed by atoms with Crippen LogP contribution in [0, 0.1) is 0 Å². The van der Waals surface area contributed by atoms with Crippen molar-refractivity contribution in [3.8, 4) is 11.5 Å². The van der Waals surface area contributed by atoms with Crippen LogP contribution in [0.2, 0.25) is 0 Å². The summed E-state index contributed by atoms with van der Waals surface area (Å²) in [4.78, 5) is 2.43. The summed E-state index contributed by atoms with van der Waals surface area (Å²) < 4.78 is 16.4. The highest BCUT2D eigenvalue weighted by Crippen LogP contribution is 2.36. The van der Waals surface area contributed by atoms with Crippen LogP contribution < -0.4 is 14.8 Å². The molecule has 1 N–H and O–H groups in total. The summed E-state index contributed by atoms with van der Waals surface area (Å²) in [6, 6.07) is 6.31. The van der Waals surface area contributed by atoms with Gasteiger partial charge in [-0.25, -0.2) is 0 Å². The largest absolute Gasteiger partial charge is 0.493 e. The zero-order valence-corrected chi connectivity index (χ0v) is 12.5. The van der Waals surface area contributed by atoms with Gasteiger partial charge in [-0.1, -0.05) is 12.1 Å². The number of morpholine rings is 1. The summed E-state index contributed by atoms with van der Waals surface area (Å²) in [7, 11) is 5.33. The van der Waals surface area contributed by atoms with Crippen LogP contribution in [0.1, 0.15) is 11.6 Å². The molecule has 1 heterocycles. The maximum Gasteiger partial charge on any atom is 0.165 e. The molecule has 0 amide bonds. The molecule has 1 saturated heterocycles. The van der Waals surface area contributed by atoms with Gasteiger partial charge in [0.15, 0.2) is 11.5 Å². The first-order valence-electron chi connectivity index (χ1n) is 6.99. The summed E-state index contributed by atoms with van der Waals surface area (Å²) in [6.07, 6.45) is 0. The van der Waals surface area contributed by atoms with Crippen LogP contribution in [0.15, 0.2) is 18.2 Å². The van der Waals surface area contributed by atoms with E-state index < -0.39 is 0 Å². The Bertz CT molecular complexity index is 420. The number of likely N-dealkylation sites (N-methyl/N-ethyl adjacent to an activating group) is 1. The molecular weight excluding hydrogens is 256 g/mol. The predicted octanol–water partition coefficient (Wildman–Crippen LogP) is 1.30. The van der Waals surface area contributed by atoms with Crippen LogP contribution in [0.5, 0.6) is 11.5 Å². The maximum absolute atomic E-state index is 5.57. The van der Waals surface area contributed by atoms with Gasteiger partial charge in [0, 0.05) is 25.2 Å². The Kier molecular flexibility index (Phi) is 5.64. The second kappa shape index (κ2) is 7.47. The summed E-state index contributed by atoms with van der Waals surface area (Å²) in [5.74, 6) is 1.60. The molecule has 0 spiro atoms. The lowest BCUT2D eigenvalue weighted by Gasteiger charge is -2.35. The van der Waals surface area contributed by atoms with Crippen LogP contribution in [0.25, 0.3) is 0 Å². The van der Waals surface area contributed by atoms with Crippen molar-refractivity contribution >= 4 is 0 Å². The topological polar surface area (TPSA) is 43.0 Å². The number of ether oxygens (including phenoxy) is 3. The van der Waals surface area contributed by atoms with Gasteiger partial charge < -0.3 is 19.5 Å². The highest BCUT2D eigenvalue weighted by atomic mass is 16.5. The number of rotatable bonds is 6. The van der Waals surface area contributed by atoms with E-state index in [0.29, 0.717) is 0 Å². The van der Waals surface area contributed by atoms with E-state index in [1.165, 1.54) is 0 Å². The van der Waals surface area contributed by atoms with Gasteiger partial charge in [-0.2, -0.15) is 0 Å². The fraction of sp³-hybridized carbons (Fsp3) is 0.600. The van der Waals surface area contributed by atoms with E-state index >= 15 is 0 Å². The van der Waals surface area contributed by atoms with Crippen molar-refractivity contribution in [2.75, 3.05) is 54.1 Å². The molecule has 112 valence electrons. The third kappa shape index (κ3) is 3.23. The quantitative estimate of drug-likeness (QED) is 0.851. The lowest BCUT2D eigenvalue weighted by atomic mass is 10.0. The van der Waals surface area contributed by atoms with E-state index in [0.717, 1.165) is 49.9 Å². The standard InChI is InChI=1S/C15H24N2O3/c1-16-11-13(17-7-9-20-10-8-17)12-5-4-6-14(18-2)15(12)19-3/h4-6,13,16H,7-11H2,1-3H3. The van der Waals surface area contributed by atoms with Crippen molar-refractivity contribution in [3.63, 3.8) is 0 Å². The van der Waals surface area contributed by atoms with Crippen LogP contribution in [-0.2, 0) is 4.74 Å². The molecule has 1 unspecified atom stereocenters. The number of nitrogens with one attached hydrogen (secondary N) is 1. The first kappa shape index (κ1) is 15.1. The molecule has 0 bridgehead atoms. The Hall–Kier alpha value is -1.30. The molecule has 5 heteroatoms. The van der Waals surface area contributed by atoms with E-state index in [4.69, 9.17) is 14.2 Å². The Morgan fingerprint density at radius 2 is 2.00 bits per heavy atom. The molecule has 1 aromatic rings. The average Bonchev–Trinajstić information content (AvgIpc) is 2.52. The van der Waals surface area contributed by atoms with E-state index in [-0.39, 0.29) is 6.04 Å². The van der Waals surface area contributed by atoms with Crippen molar-refractivity contribution in [1.29, 1.82) is 0 Å². The van der Waals surface area contributed by atoms with Crippen molar-refractivity contribution in [1.82, 2.24) is 10.2 Å². The molecule has 1 atom stereocenters. The van der Waals surface area contributed by atoms with Gasteiger partial charge in [0.05, 0.1) is 33.5 Å². The molecule has 1 aromatic carbocycles. The van der Waals surface area contributed by atoms with Crippen molar-refractivity contribution < 1.29 is 14.2 Å². The minimum atomic E-state index is 0.258. The third-order valence-corrected chi connectivity index (χ3v) is 3.68. The van der Waals surface area contributed by atoms with Gasteiger partial charge in [0.25, 0.3) is 0 Å². The monoisotopic (exact) mass is 280 g/mol. The fourth-order valence-electron chi connectivity index (χ4n) is 2.69. The first-order valence-corrected chi connectivity index (χ1v) is 6.99. The van der Waals surface area contributed by atoms with E-state index in [2.05, 4.69) is 16.3 Å². The predicted molar refractivity (Wildman–Crippen MR) is 78.6 cm³/mol. The number of nitrogens with zero attached hydrogens (tertiary/aromatic N) is 1. The Morgan fingerprint density at radius 3 is 2.60 bits per heavy atom. The minimum Gasteiger partial charge on any atom is -0.493 e. The van der Waals surface area contributed by atoms with Gasteiger partial charge in [0.1, 0.15) is 0 Å². The number of benzene rings is 1. The van der Waals surface area contributed by atoms with E-state index in [9.17, 15) is 0 Å². The summed E-state index contributed by atoms with van der Waals surface area (Å²) in [5.41, 5.74) is 1.16. The molecule has 0 saturated carbocycles. The highest BCUT2D eigenvalue weighted by Gasteiger charge is 2.26. The molecule has 0 radical (unpaired) electrons.